The Hall–Kier alpha value is -1.60. The minimum atomic E-state index is 0.537. The molecule has 1 aromatic rings. The van der Waals surface area contributed by atoms with Crippen LogP contribution in [0.15, 0.2) is 6.07 Å². The van der Waals surface area contributed by atoms with Gasteiger partial charge in [0.05, 0.1) is 6.07 Å². The normalized spacial score (nSPS) is 11.0. The summed E-state index contributed by atoms with van der Waals surface area (Å²) in [5.41, 5.74) is 0. The van der Waals surface area contributed by atoms with E-state index in [2.05, 4.69) is 19.8 Å². The van der Waals surface area contributed by atoms with Crippen molar-refractivity contribution in [3.63, 3.8) is 0 Å². The van der Waals surface area contributed by atoms with Crippen molar-refractivity contribution in [3.8, 4) is 11.8 Å². The van der Waals surface area contributed by atoms with Crippen molar-refractivity contribution in [2.75, 3.05) is 73.5 Å². The summed E-state index contributed by atoms with van der Waals surface area (Å²) in [6, 6.07) is 1.73. The van der Waals surface area contributed by atoms with Crippen LogP contribution in [0.5, 0.6) is 11.8 Å². The molecule has 7 nitrogen and oxygen atoms in total. The number of hydrogen-bond donors (Lipinski definition) is 0. The molecule has 7 heteroatoms. The molecule has 0 aliphatic heterocycles. The summed E-state index contributed by atoms with van der Waals surface area (Å²) >= 11 is 0. The van der Waals surface area contributed by atoms with Crippen molar-refractivity contribution in [1.29, 1.82) is 0 Å². The molecule has 21 heavy (non-hydrogen) atoms. The summed E-state index contributed by atoms with van der Waals surface area (Å²) < 4.78 is 11.3. The van der Waals surface area contributed by atoms with Gasteiger partial charge in [-0.2, -0.15) is 9.97 Å². The second-order valence-corrected chi connectivity index (χ2v) is 5.54. The molecule has 1 aromatic heterocycles. The van der Waals surface area contributed by atoms with Crippen molar-refractivity contribution in [3.05, 3.63) is 6.07 Å². The van der Waals surface area contributed by atoms with E-state index in [0.29, 0.717) is 30.9 Å². The van der Waals surface area contributed by atoms with Gasteiger partial charge >= 0.3 is 0 Å². The minimum Gasteiger partial charge on any atom is -0.476 e. The van der Waals surface area contributed by atoms with E-state index in [1.807, 2.05) is 47.2 Å². The fourth-order valence-corrected chi connectivity index (χ4v) is 1.41. The zero-order chi connectivity index (χ0) is 15.8. The molecule has 0 aliphatic rings. The summed E-state index contributed by atoms with van der Waals surface area (Å²) in [6.45, 7) is 2.82. The molecule has 0 bridgehead atoms. The molecule has 1 heterocycles. The highest BCUT2D eigenvalue weighted by Crippen LogP contribution is 2.19. The second kappa shape index (κ2) is 8.63. The predicted molar refractivity (Wildman–Crippen MR) is 84.5 cm³/mol. The lowest BCUT2D eigenvalue weighted by Crippen LogP contribution is -2.21. The maximum Gasteiger partial charge on any atom is 0.231 e. The monoisotopic (exact) mass is 297 g/mol. The van der Waals surface area contributed by atoms with Crippen LogP contribution in [0.2, 0.25) is 0 Å². The quantitative estimate of drug-likeness (QED) is 0.655. The Morgan fingerprint density at radius 1 is 0.810 bits per heavy atom. The third kappa shape index (κ3) is 7.10. The maximum absolute atomic E-state index is 5.67. The standard InChI is InChI=1S/C14H27N5O2/c1-17(2)7-9-20-12-11-13(21-10-8-18(3)4)16-14(15-12)19(5)6/h11H,7-10H2,1-6H3. The minimum absolute atomic E-state index is 0.537. The number of anilines is 1. The molecular weight excluding hydrogens is 270 g/mol. The van der Waals surface area contributed by atoms with Crippen LogP contribution in [0.3, 0.4) is 0 Å². The first-order valence-electron chi connectivity index (χ1n) is 7.00. The van der Waals surface area contributed by atoms with Crippen molar-refractivity contribution >= 4 is 5.95 Å². The zero-order valence-corrected chi connectivity index (χ0v) is 14.0. The van der Waals surface area contributed by atoms with E-state index in [9.17, 15) is 0 Å². The topological polar surface area (TPSA) is 54.0 Å². The Kier molecular flexibility index (Phi) is 7.18. The molecule has 0 saturated carbocycles. The number of ether oxygens (including phenoxy) is 2. The molecule has 0 saturated heterocycles. The van der Waals surface area contributed by atoms with Gasteiger partial charge in [0, 0.05) is 27.2 Å². The number of aromatic nitrogens is 2. The van der Waals surface area contributed by atoms with Crippen LogP contribution in [0.1, 0.15) is 0 Å². The third-order valence-corrected chi connectivity index (χ3v) is 2.64. The summed E-state index contributed by atoms with van der Waals surface area (Å²) in [4.78, 5) is 14.7. The van der Waals surface area contributed by atoms with Gasteiger partial charge in [0.15, 0.2) is 0 Å². The average Bonchev–Trinajstić information content (AvgIpc) is 2.37. The number of rotatable bonds is 9. The highest BCUT2D eigenvalue weighted by molar-refractivity contribution is 5.34. The molecular formula is C14H27N5O2. The van der Waals surface area contributed by atoms with Gasteiger partial charge in [-0.25, -0.2) is 0 Å². The molecule has 0 radical (unpaired) electrons. The van der Waals surface area contributed by atoms with Crippen LogP contribution in [0, 0.1) is 0 Å². The Morgan fingerprint density at radius 2 is 1.24 bits per heavy atom. The summed E-state index contributed by atoms with van der Waals surface area (Å²) in [5.74, 6) is 1.66. The van der Waals surface area contributed by atoms with E-state index in [1.165, 1.54) is 0 Å². The van der Waals surface area contributed by atoms with Crippen LogP contribution in [0.25, 0.3) is 0 Å². The smallest absolute Gasteiger partial charge is 0.231 e. The van der Waals surface area contributed by atoms with Crippen LogP contribution in [-0.4, -0.2) is 88.4 Å². The van der Waals surface area contributed by atoms with Crippen molar-refractivity contribution in [2.45, 2.75) is 0 Å². The highest BCUT2D eigenvalue weighted by atomic mass is 16.5. The van der Waals surface area contributed by atoms with Crippen LogP contribution in [0.4, 0.5) is 5.95 Å². The van der Waals surface area contributed by atoms with Crippen LogP contribution in [-0.2, 0) is 0 Å². The summed E-state index contributed by atoms with van der Waals surface area (Å²) in [5, 5.41) is 0. The molecule has 0 fully saturated rings. The van der Waals surface area contributed by atoms with E-state index in [4.69, 9.17) is 9.47 Å². The van der Waals surface area contributed by atoms with Gasteiger partial charge in [-0.1, -0.05) is 0 Å². The third-order valence-electron chi connectivity index (χ3n) is 2.64. The SMILES string of the molecule is CN(C)CCOc1cc(OCCN(C)C)nc(N(C)C)n1. The van der Waals surface area contributed by atoms with Gasteiger partial charge in [-0.05, 0) is 28.2 Å². The molecule has 0 aliphatic carbocycles. The number of hydrogen-bond acceptors (Lipinski definition) is 7. The molecule has 1 rings (SSSR count). The number of likely N-dealkylation sites (N-methyl/N-ethyl adjacent to an activating group) is 2. The van der Waals surface area contributed by atoms with Crippen LogP contribution < -0.4 is 14.4 Å². The van der Waals surface area contributed by atoms with Crippen molar-refractivity contribution in [1.82, 2.24) is 19.8 Å². The van der Waals surface area contributed by atoms with E-state index in [0.717, 1.165) is 13.1 Å². The van der Waals surface area contributed by atoms with E-state index in [-0.39, 0.29) is 0 Å². The Labute approximate surface area is 127 Å². The molecule has 0 aromatic carbocycles. The average molecular weight is 297 g/mol. The van der Waals surface area contributed by atoms with Crippen molar-refractivity contribution < 1.29 is 9.47 Å². The molecule has 0 atom stereocenters. The first kappa shape index (κ1) is 17.5. The highest BCUT2D eigenvalue weighted by Gasteiger charge is 2.09. The molecule has 0 N–H and O–H groups in total. The lowest BCUT2D eigenvalue weighted by molar-refractivity contribution is 0.241. The Balaban J connectivity index is 2.70. The van der Waals surface area contributed by atoms with Gasteiger partial charge in [0.25, 0.3) is 0 Å². The first-order valence-corrected chi connectivity index (χ1v) is 7.00. The lowest BCUT2D eigenvalue weighted by Gasteiger charge is -2.16. The van der Waals surface area contributed by atoms with Gasteiger partial charge < -0.3 is 24.2 Å². The van der Waals surface area contributed by atoms with E-state index >= 15 is 0 Å². The van der Waals surface area contributed by atoms with Gasteiger partial charge in [-0.3, -0.25) is 0 Å². The van der Waals surface area contributed by atoms with E-state index in [1.54, 1.807) is 6.07 Å². The van der Waals surface area contributed by atoms with Gasteiger partial charge in [0.2, 0.25) is 17.7 Å². The van der Waals surface area contributed by atoms with Crippen LogP contribution >= 0.6 is 0 Å². The fourth-order valence-electron chi connectivity index (χ4n) is 1.41. The molecule has 0 spiro atoms. The summed E-state index contributed by atoms with van der Waals surface area (Å²) in [7, 11) is 11.8. The molecule has 120 valence electrons. The predicted octanol–water partition coefficient (Wildman–Crippen LogP) is 0.423. The zero-order valence-electron chi connectivity index (χ0n) is 14.0. The van der Waals surface area contributed by atoms with Gasteiger partial charge in [0.1, 0.15) is 13.2 Å². The largest absolute Gasteiger partial charge is 0.476 e. The molecule has 0 amide bonds. The second-order valence-electron chi connectivity index (χ2n) is 5.54. The Morgan fingerprint density at radius 3 is 1.57 bits per heavy atom. The molecule has 0 unspecified atom stereocenters. The first-order chi connectivity index (χ1) is 9.88. The summed E-state index contributed by atoms with van der Waals surface area (Å²) in [6.07, 6.45) is 0. The maximum atomic E-state index is 5.67. The fraction of sp³-hybridized carbons (Fsp3) is 0.714. The Bertz CT molecular complexity index is 392. The lowest BCUT2D eigenvalue weighted by atomic mass is 10.5. The number of nitrogens with zero attached hydrogens (tertiary/aromatic N) is 5. The van der Waals surface area contributed by atoms with E-state index < -0.39 is 0 Å². The van der Waals surface area contributed by atoms with Crippen molar-refractivity contribution in [2.24, 2.45) is 0 Å². The van der Waals surface area contributed by atoms with Gasteiger partial charge in [-0.15, -0.1) is 0 Å².